The van der Waals surface area contributed by atoms with Gasteiger partial charge in [-0.05, 0) is 61.9 Å². The number of guanidine groups is 1. The Morgan fingerprint density at radius 1 is 1.16 bits per heavy atom. The van der Waals surface area contributed by atoms with E-state index in [0.717, 1.165) is 22.0 Å². The fourth-order valence-electron chi connectivity index (χ4n) is 3.11. The van der Waals surface area contributed by atoms with Crippen molar-refractivity contribution in [2.75, 3.05) is 20.1 Å². The summed E-state index contributed by atoms with van der Waals surface area (Å²) in [6, 6.07) is 11.4. The van der Waals surface area contributed by atoms with Crippen LogP contribution in [0, 0.1) is 5.82 Å². The van der Waals surface area contributed by atoms with Crippen molar-refractivity contribution in [3.05, 3.63) is 65.6 Å². The molecule has 2 aromatic carbocycles. The minimum Gasteiger partial charge on any atom is -0.361 e. The maximum atomic E-state index is 13.5. The van der Waals surface area contributed by atoms with E-state index in [9.17, 15) is 12.8 Å². The van der Waals surface area contributed by atoms with Crippen molar-refractivity contribution in [3.8, 4) is 0 Å². The van der Waals surface area contributed by atoms with E-state index in [1.807, 2.05) is 19.2 Å². The first-order valence-electron chi connectivity index (χ1n) is 9.73. The average Bonchev–Trinajstić information content (AvgIpc) is 3.14. The minimum atomic E-state index is -3.49. The molecule has 0 fully saturated rings. The molecule has 31 heavy (non-hydrogen) atoms. The van der Waals surface area contributed by atoms with Crippen LogP contribution in [0.2, 0.25) is 0 Å². The molecule has 0 amide bonds. The summed E-state index contributed by atoms with van der Waals surface area (Å²) in [7, 11) is -2.10. The van der Waals surface area contributed by atoms with Crippen molar-refractivity contribution < 1.29 is 12.8 Å². The molecule has 168 valence electrons. The standard InChI is InChI=1S/C21H26FN5O2S.HI/c1-3-24-21(27-13-15-5-4-6-18(11-15)30(28,29)23-2)25-10-9-16-14-26-20-8-7-17(22)12-19(16)20;/h4-8,11-12,14,23,26H,3,9-10,13H2,1-2H3,(H2,24,25,27);1H. The third-order valence-electron chi connectivity index (χ3n) is 4.66. The van der Waals surface area contributed by atoms with Crippen LogP contribution in [0.15, 0.2) is 58.5 Å². The van der Waals surface area contributed by atoms with Gasteiger partial charge in [0.05, 0.1) is 11.4 Å². The number of hydrogen-bond donors (Lipinski definition) is 4. The van der Waals surface area contributed by atoms with Crippen molar-refractivity contribution in [2.24, 2.45) is 4.99 Å². The van der Waals surface area contributed by atoms with E-state index in [-0.39, 0.29) is 34.7 Å². The molecule has 0 saturated heterocycles. The summed E-state index contributed by atoms with van der Waals surface area (Å²) in [6.07, 6.45) is 2.59. The monoisotopic (exact) mass is 559 g/mol. The van der Waals surface area contributed by atoms with E-state index in [1.165, 1.54) is 19.2 Å². The number of halogens is 2. The molecule has 1 heterocycles. The molecule has 0 radical (unpaired) electrons. The lowest BCUT2D eigenvalue weighted by molar-refractivity contribution is 0.588. The molecule has 4 N–H and O–H groups in total. The van der Waals surface area contributed by atoms with Crippen LogP contribution < -0.4 is 15.4 Å². The van der Waals surface area contributed by atoms with E-state index in [4.69, 9.17) is 0 Å². The van der Waals surface area contributed by atoms with Gasteiger partial charge in [0.2, 0.25) is 10.0 Å². The van der Waals surface area contributed by atoms with Crippen LogP contribution in [-0.2, 0) is 23.0 Å². The SMILES string of the molecule is CCNC(=NCc1cccc(S(=O)(=O)NC)c1)NCCc1c[nH]c2ccc(F)cc12.I. The van der Waals surface area contributed by atoms with Crippen molar-refractivity contribution in [1.29, 1.82) is 0 Å². The van der Waals surface area contributed by atoms with Gasteiger partial charge in [-0.3, -0.25) is 0 Å². The number of fused-ring (bicyclic) bond motifs is 1. The van der Waals surface area contributed by atoms with Crippen LogP contribution in [0.4, 0.5) is 4.39 Å². The maximum Gasteiger partial charge on any atom is 0.240 e. The van der Waals surface area contributed by atoms with E-state index >= 15 is 0 Å². The van der Waals surface area contributed by atoms with Gasteiger partial charge < -0.3 is 15.6 Å². The smallest absolute Gasteiger partial charge is 0.240 e. The van der Waals surface area contributed by atoms with E-state index < -0.39 is 10.0 Å². The first kappa shape index (κ1) is 25.1. The van der Waals surface area contributed by atoms with Crippen molar-refractivity contribution >= 4 is 50.9 Å². The van der Waals surface area contributed by atoms with Crippen LogP contribution >= 0.6 is 24.0 Å². The molecule has 0 bridgehead atoms. The topological polar surface area (TPSA) is 98.4 Å². The molecule has 0 atom stereocenters. The van der Waals surface area contributed by atoms with E-state index in [1.54, 1.807) is 24.3 Å². The Labute approximate surface area is 199 Å². The molecule has 10 heteroatoms. The summed E-state index contributed by atoms with van der Waals surface area (Å²) < 4.78 is 39.8. The predicted molar refractivity (Wildman–Crippen MR) is 133 cm³/mol. The fraction of sp³-hybridized carbons (Fsp3) is 0.286. The Morgan fingerprint density at radius 3 is 2.71 bits per heavy atom. The average molecular weight is 559 g/mol. The molecular weight excluding hydrogens is 532 g/mol. The summed E-state index contributed by atoms with van der Waals surface area (Å²) in [4.78, 5) is 7.90. The Bertz CT molecular complexity index is 1150. The van der Waals surface area contributed by atoms with Gasteiger partial charge in [-0.15, -0.1) is 24.0 Å². The van der Waals surface area contributed by atoms with Crippen LogP contribution in [0.1, 0.15) is 18.1 Å². The lowest BCUT2D eigenvalue weighted by Gasteiger charge is -2.11. The third kappa shape index (κ3) is 6.65. The van der Waals surface area contributed by atoms with E-state index in [0.29, 0.717) is 32.0 Å². The van der Waals surface area contributed by atoms with Gasteiger partial charge in [0.1, 0.15) is 5.82 Å². The fourth-order valence-corrected chi connectivity index (χ4v) is 3.91. The van der Waals surface area contributed by atoms with Crippen LogP contribution in [0.25, 0.3) is 10.9 Å². The number of hydrogen-bond acceptors (Lipinski definition) is 3. The zero-order valence-corrected chi connectivity index (χ0v) is 20.6. The molecule has 1 aromatic heterocycles. The second-order valence-electron chi connectivity index (χ2n) is 6.73. The molecule has 0 aliphatic carbocycles. The van der Waals surface area contributed by atoms with Crippen LogP contribution in [0.3, 0.4) is 0 Å². The van der Waals surface area contributed by atoms with Gasteiger partial charge in [0.25, 0.3) is 0 Å². The lowest BCUT2D eigenvalue weighted by atomic mass is 10.1. The Morgan fingerprint density at radius 2 is 1.97 bits per heavy atom. The van der Waals surface area contributed by atoms with Crippen molar-refractivity contribution in [1.82, 2.24) is 20.3 Å². The van der Waals surface area contributed by atoms with Gasteiger partial charge in [0.15, 0.2) is 5.96 Å². The quantitative estimate of drug-likeness (QED) is 0.194. The molecule has 0 aliphatic rings. The normalized spacial score (nSPS) is 11.9. The molecular formula is C21H27FIN5O2S. The molecule has 0 aliphatic heterocycles. The summed E-state index contributed by atoms with van der Waals surface area (Å²) in [6.45, 7) is 3.61. The maximum absolute atomic E-state index is 13.5. The lowest BCUT2D eigenvalue weighted by Crippen LogP contribution is -2.38. The number of nitrogens with one attached hydrogen (secondary N) is 4. The highest BCUT2D eigenvalue weighted by atomic mass is 127. The Kier molecular flexibility index (Phi) is 9.26. The number of benzene rings is 2. The zero-order valence-electron chi connectivity index (χ0n) is 17.4. The molecule has 7 nitrogen and oxygen atoms in total. The van der Waals surface area contributed by atoms with Crippen molar-refractivity contribution in [2.45, 2.75) is 24.8 Å². The number of aromatic amines is 1. The van der Waals surface area contributed by atoms with Crippen LogP contribution in [-0.4, -0.2) is 39.5 Å². The second-order valence-corrected chi connectivity index (χ2v) is 8.62. The van der Waals surface area contributed by atoms with Crippen LogP contribution in [0.5, 0.6) is 0 Å². The number of aliphatic imine (C=N–C) groups is 1. The summed E-state index contributed by atoms with van der Waals surface area (Å²) in [5, 5.41) is 7.32. The minimum absolute atomic E-state index is 0. The number of sulfonamides is 1. The molecule has 3 rings (SSSR count). The van der Waals surface area contributed by atoms with Crippen molar-refractivity contribution in [3.63, 3.8) is 0 Å². The number of aromatic nitrogens is 1. The number of H-pyrrole nitrogens is 1. The largest absolute Gasteiger partial charge is 0.361 e. The number of nitrogens with zero attached hydrogens (tertiary/aromatic N) is 1. The number of rotatable bonds is 8. The molecule has 0 unspecified atom stereocenters. The first-order chi connectivity index (χ1) is 14.4. The summed E-state index contributed by atoms with van der Waals surface area (Å²) in [5.41, 5.74) is 2.72. The summed E-state index contributed by atoms with van der Waals surface area (Å²) in [5.74, 6) is 0.374. The second kappa shape index (κ2) is 11.4. The highest BCUT2D eigenvalue weighted by molar-refractivity contribution is 14.0. The zero-order chi connectivity index (χ0) is 21.6. The van der Waals surface area contributed by atoms with Gasteiger partial charge >= 0.3 is 0 Å². The molecule has 3 aromatic rings. The highest BCUT2D eigenvalue weighted by Gasteiger charge is 2.11. The predicted octanol–water partition coefficient (Wildman–Crippen LogP) is 3.13. The molecule has 0 spiro atoms. The first-order valence-corrected chi connectivity index (χ1v) is 11.2. The van der Waals surface area contributed by atoms with Gasteiger partial charge in [-0.1, -0.05) is 12.1 Å². The Hall–Kier alpha value is -2.18. The van der Waals surface area contributed by atoms with E-state index in [2.05, 4.69) is 25.3 Å². The van der Waals surface area contributed by atoms with Gasteiger partial charge in [0, 0.05) is 30.2 Å². The molecule has 0 saturated carbocycles. The van der Waals surface area contributed by atoms with Gasteiger partial charge in [-0.25, -0.2) is 22.5 Å². The highest BCUT2D eigenvalue weighted by Crippen LogP contribution is 2.19. The van der Waals surface area contributed by atoms with Gasteiger partial charge in [-0.2, -0.15) is 0 Å². The third-order valence-corrected chi connectivity index (χ3v) is 6.07. The summed E-state index contributed by atoms with van der Waals surface area (Å²) >= 11 is 0. The Balaban J connectivity index is 0.00000341.